The van der Waals surface area contributed by atoms with Crippen molar-refractivity contribution in [1.82, 2.24) is 5.32 Å². The van der Waals surface area contributed by atoms with Gasteiger partial charge in [0.15, 0.2) is 0 Å². The predicted octanol–water partition coefficient (Wildman–Crippen LogP) is 3.69. The molecule has 3 nitrogen and oxygen atoms in total. The van der Waals surface area contributed by atoms with Crippen molar-refractivity contribution in [3.8, 4) is 0 Å². The number of amides is 1. The number of anilines is 1. The molecule has 1 saturated heterocycles. The summed E-state index contributed by atoms with van der Waals surface area (Å²) in [6.07, 6.45) is -3.11. The van der Waals surface area contributed by atoms with E-state index < -0.39 is 23.1 Å². The second-order valence-corrected chi connectivity index (χ2v) is 5.92. The van der Waals surface area contributed by atoms with Crippen molar-refractivity contribution in [2.45, 2.75) is 25.9 Å². The Morgan fingerprint density at radius 1 is 1.43 bits per heavy atom. The molecule has 0 spiro atoms. The molecule has 0 radical (unpaired) electrons. The van der Waals surface area contributed by atoms with Crippen LogP contribution in [0.1, 0.15) is 25.3 Å². The van der Waals surface area contributed by atoms with Gasteiger partial charge in [-0.15, -0.1) is 0 Å². The molecule has 0 saturated carbocycles. The topological polar surface area (TPSA) is 41.1 Å². The Kier molecular flexibility index (Phi) is 4.49. The van der Waals surface area contributed by atoms with E-state index in [0.717, 1.165) is 19.0 Å². The minimum Gasteiger partial charge on any atom is -0.325 e. The van der Waals surface area contributed by atoms with Gasteiger partial charge in [-0.2, -0.15) is 13.2 Å². The highest BCUT2D eigenvalue weighted by molar-refractivity contribution is 6.30. The summed E-state index contributed by atoms with van der Waals surface area (Å²) >= 11 is 5.61. The van der Waals surface area contributed by atoms with Gasteiger partial charge in [0.2, 0.25) is 5.91 Å². The van der Waals surface area contributed by atoms with E-state index in [0.29, 0.717) is 13.0 Å². The Labute approximate surface area is 125 Å². The number of benzene rings is 1. The molecular weight excluding hydrogens is 305 g/mol. The van der Waals surface area contributed by atoms with Crippen molar-refractivity contribution in [1.29, 1.82) is 0 Å². The first kappa shape index (κ1) is 16.1. The minimum atomic E-state index is -4.57. The lowest BCUT2D eigenvalue weighted by molar-refractivity contribution is -0.137. The summed E-state index contributed by atoms with van der Waals surface area (Å²) in [5.74, 6) is -0.414. The maximum absolute atomic E-state index is 13.0. The number of piperidine rings is 1. The molecule has 0 aliphatic carbocycles. The van der Waals surface area contributed by atoms with Gasteiger partial charge < -0.3 is 10.6 Å². The van der Waals surface area contributed by atoms with E-state index in [1.165, 1.54) is 12.1 Å². The highest BCUT2D eigenvalue weighted by atomic mass is 35.5. The molecule has 1 amide bonds. The summed E-state index contributed by atoms with van der Waals surface area (Å²) in [6, 6.07) is 3.33. The fourth-order valence-electron chi connectivity index (χ4n) is 2.38. The predicted molar refractivity (Wildman–Crippen MR) is 75.3 cm³/mol. The summed E-state index contributed by atoms with van der Waals surface area (Å²) in [5, 5.41) is 5.47. The minimum absolute atomic E-state index is 0.0223. The number of nitrogens with one attached hydrogen (secondary N) is 2. The van der Waals surface area contributed by atoms with Crippen molar-refractivity contribution in [3.05, 3.63) is 28.8 Å². The van der Waals surface area contributed by atoms with E-state index in [1.54, 1.807) is 6.92 Å². The highest BCUT2D eigenvalue weighted by Crippen LogP contribution is 2.37. The number of hydrogen-bond donors (Lipinski definition) is 2. The van der Waals surface area contributed by atoms with Crippen LogP contribution in [0.15, 0.2) is 18.2 Å². The van der Waals surface area contributed by atoms with Crippen LogP contribution in [0.25, 0.3) is 0 Å². The number of halogens is 4. The third-order valence-corrected chi connectivity index (χ3v) is 3.92. The number of carbonyl (C=O) groups is 1. The summed E-state index contributed by atoms with van der Waals surface area (Å²) < 4.78 is 39.0. The summed E-state index contributed by atoms with van der Waals surface area (Å²) in [7, 11) is 0. The zero-order valence-electron chi connectivity index (χ0n) is 11.5. The molecule has 0 aromatic heterocycles. The first-order chi connectivity index (χ1) is 9.72. The molecular formula is C14H16ClF3N2O. The zero-order chi connectivity index (χ0) is 15.7. The van der Waals surface area contributed by atoms with Gasteiger partial charge in [0.25, 0.3) is 0 Å². The van der Waals surface area contributed by atoms with Gasteiger partial charge in [0.1, 0.15) is 0 Å². The van der Waals surface area contributed by atoms with E-state index in [9.17, 15) is 18.0 Å². The van der Waals surface area contributed by atoms with Crippen LogP contribution in [-0.4, -0.2) is 19.0 Å². The first-order valence-electron chi connectivity index (χ1n) is 6.61. The number of alkyl halides is 3. The maximum Gasteiger partial charge on any atom is 0.418 e. The Hall–Kier alpha value is -1.27. The largest absolute Gasteiger partial charge is 0.418 e. The highest BCUT2D eigenvalue weighted by Gasteiger charge is 2.38. The Morgan fingerprint density at radius 2 is 2.14 bits per heavy atom. The Balaban J connectivity index is 2.25. The zero-order valence-corrected chi connectivity index (χ0v) is 12.2. The average Bonchev–Trinajstić information content (AvgIpc) is 2.40. The first-order valence-corrected chi connectivity index (χ1v) is 6.99. The van der Waals surface area contributed by atoms with Crippen molar-refractivity contribution in [2.75, 3.05) is 18.4 Å². The van der Waals surface area contributed by atoms with E-state index in [4.69, 9.17) is 11.6 Å². The molecule has 1 atom stereocenters. The van der Waals surface area contributed by atoms with Crippen LogP contribution >= 0.6 is 11.6 Å². The molecule has 7 heteroatoms. The van der Waals surface area contributed by atoms with Crippen molar-refractivity contribution in [3.63, 3.8) is 0 Å². The Morgan fingerprint density at radius 3 is 2.71 bits per heavy atom. The quantitative estimate of drug-likeness (QED) is 0.872. The molecule has 1 aliphatic rings. The van der Waals surface area contributed by atoms with Gasteiger partial charge in [-0.25, -0.2) is 0 Å². The summed E-state index contributed by atoms with van der Waals surface area (Å²) in [4.78, 5) is 12.3. The fraction of sp³-hybridized carbons (Fsp3) is 0.500. The third kappa shape index (κ3) is 3.68. The lowest BCUT2D eigenvalue weighted by Crippen LogP contribution is -2.46. The van der Waals surface area contributed by atoms with Crippen LogP contribution in [0.4, 0.5) is 18.9 Å². The molecule has 21 heavy (non-hydrogen) atoms. The lowest BCUT2D eigenvalue weighted by atomic mass is 9.82. The van der Waals surface area contributed by atoms with Gasteiger partial charge >= 0.3 is 6.18 Å². The lowest BCUT2D eigenvalue weighted by Gasteiger charge is -2.33. The van der Waals surface area contributed by atoms with Crippen molar-refractivity contribution in [2.24, 2.45) is 5.41 Å². The second-order valence-electron chi connectivity index (χ2n) is 5.48. The summed E-state index contributed by atoms with van der Waals surface area (Å²) in [6.45, 7) is 3.02. The molecule has 2 N–H and O–H groups in total. The smallest absolute Gasteiger partial charge is 0.325 e. The van der Waals surface area contributed by atoms with Gasteiger partial charge in [0, 0.05) is 11.6 Å². The normalized spacial score (nSPS) is 22.9. The van der Waals surface area contributed by atoms with E-state index in [-0.39, 0.29) is 10.7 Å². The van der Waals surface area contributed by atoms with Crippen LogP contribution in [0, 0.1) is 5.41 Å². The SMILES string of the molecule is CC1(C(=O)Nc2ccc(Cl)cc2C(F)(F)F)CCCNC1. The molecule has 1 aliphatic heterocycles. The molecule has 1 heterocycles. The van der Waals surface area contributed by atoms with E-state index in [1.807, 2.05) is 0 Å². The van der Waals surface area contributed by atoms with E-state index >= 15 is 0 Å². The molecule has 116 valence electrons. The molecule has 2 rings (SSSR count). The van der Waals surface area contributed by atoms with Crippen LogP contribution < -0.4 is 10.6 Å². The number of rotatable bonds is 2. The van der Waals surface area contributed by atoms with Gasteiger partial charge in [0.05, 0.1) is 16.7 Å². The standard InChI is InChI=1S/C14H16ClF3N2O/c1-13(5-2-6-19-8-13)12(21)20-11-4-3-9(15)7-10(11)14(16,17)18/h3-4,7,19H,2,5-6,8H2,1H3,(H,20,21). The molecule has 0 bridgehead atoms. The van der Waals surface area contributed by atoms with Gasteiger partial charge in [-0.1, -0.05) is 11.6 Å². The Bertz CT molecular complexity index is 540. The van der Waals surface area contributed by atoms with Crippen LogP contribution in [0.3, 0.4) is 0 Å². The maximum atomic E-state index is 13.0. The van der Waals surface area contributed by atoms with Gasteiger partial charge in [-0.05, 0) is 44.5 Å². The number of carbonyl (C=O) groups excluding carboxylic acids is 1. The molecule has 1 fully saturated rings. The van der Waals surface area contributed by atoms with E-state index in [2.05, 4.69) is 10.6 Å². The van der Waals surface area contributed by atoms with Crippen molar-refractivity contribution < 1.29 is 18.0 Å². The second kappa shape index (κ2) is 5.85. The van der Waals surface area contributed by atoms with Crippen LogP contribution in [0.5, 0.6) is 0 Å². The monoisotopic (exact) mass is 320 g/mol. The molecule has 1 aromatic rings. The third-order valence-electron chi connectivity index (χ3n) is 3.68. The van der Waals surface area contributed by atoms with Gasteiger partial charge in [-0.3, -0.25) is 4.79 Å². The average molecular weight is 321 g/mol. The van der Waals surface area contributed by atoms with Crippen molar-refractivity contribution >= 4 is 23.2 Å². The van der Waals surface area contributed by atoms with Crippen LogP contribution in [0.2, 0.25) is 5.02 Å². The molecule has 1 unspecified atom stereocenters. The molecule has 1 aromatic carbocycles. The number of hydrogen-bond acceptors (Lipinski definition) is 2. The fourth-order valence-corrected chi connectivity index (χ4v) is 2.56. The van der Waals surface area contributed by atoms with Crippen LogP contribution in [-0.2, 0) is 11.0 Å². The summed E-state index contributed by atoms with van der Waals surface area (Å²) in [5.41, 5.74) is -1.90.